The Kier molecular flexibility index (Phi) is 3.39. The maximum atomic E-state index is 14.2. The van der Waals surface area contributed by atoms with Crippen molar-refractivity contribution >= 4 is 5.97 Å². The zero-order valence-electron chi connectivity index (χ0n) is 11.0. The van der Waals surface area contributed by atoms with Crippen LogP contribution >= 0.6 is 0 Å². The van der Waals surface area contributed by atoms with Gasteiger partial charge in [-0.3, -0.25) is 0 Å². The van der Waals surface area contributed by atoms with Gasteiger partial charge in [-0.25, -0.2) is 9.18 Å². The topological polar surface area (TPSA) is 38.3 Å². The average Bonchev–Trinajstić information content (AvgIpc) is 2.27. The van der Waals surface area contributed by atoms with Crippen molar-refractivity contribution in [3.63, 3.8) is 0 Å². The first-order valence-corrected chi connectivity index (χ1v) is 6.13. The number of fused-ring (bicyclic) bond motifs is 1. The van der Waals surface area contributed by atoms with Gasteiger partial charge in [-0.1, -0.05) is 6.07 Å². The quantitative estimate of drug-likeness (QED) is 0.779. The molecule has 4 heteroatoms. The lowest BCUT2D eigenvalue weighted by Gasteiger charge is -2.22. The van der Waals surface area contributed by atoms with Crippen LogP contribution in [-0.4, -0.2) is 18.1 Å². The van der Waals surface area contributed by atoms with Gasteiger partial charge < -0.3 is 10.1 Å². The van der Waals surface area contributed by atoms with E-state index in [0.29, 0.717) is 12.1 Å². The molecule has 0 radical (unpaired) electrons. The number of halogens is 1. The third-order valence-corrected chi connectivity index (χ3v) is 2.83. The molecule has 0 atom stereocenters. The first-order chi connectivity index (χ1) is 8.38. The van der Waals surface area contributed by atoms with Crippen LogP contribution in [0, 0.1) is 5.82 Å². The van der Waals surface area contributed by atoms with Crippen molar-refractivity contribution in [3.05, 3.63) is 34.6 Å². The molecule has 1 aromatic carbocycles. The van der Waals surface area contributed by atoms with Crippen LogP contribution in [0.1, 0.15) is 42.3 Å². The van der Waals surface area contributed by atoms with Crippen molar-refractivity contribution in [2.75, 3.05) is 6.54 Å². The van der Waals surface area contributed by atoms with Crippen molar-refractivity contribution in [2.24, 2.45) is 0 Å². The second-order valence-corrected chi connectivity index (χ2v) is 5.49. The highest BCUT2D eigenvalue weighted by atomic mass is 19.1. The third-order valence-electron chi connectivity index (χ3n) is 2.83. The fraction of sp³-hybridized carbons (Fsp3) is 0.500. The van der Waals surface area contributed by atoms with Crippen molar-refractivity contribution in [2.45, 2.75) is 39.3 Å². The van der Waals surface area contributed by atoms with Gasteiger partial charge in [0.2, 0.25) is 0 Å². The lowest BCUT2D eigenvalue weighted by atomic mass is 9.97. The Balaban J connectivity index is 2.32. The predicted octanol–water partition coefficient (Wildman–Crippen LogP) is 2.43. The molecule has 0 spiro atoms. The highest BCUT2D eigenvalue weighted by Gasteiger charge is 2.24. The van der Waals surface area contributed by atoms with Gasteiger partial charge in [0.25, 0.3) is 0 Å². The van der Waals surface area contributed by atoms with Crippen LogP contribution in [-0.2, 0) is 17.7 Å². The molecule has 18 heavy (non-hydrogen) atoms. The normalized spacial score (nSPS) is 15.1. The molecule has 1 heterocycles. The molecular formula is C14H18FNO2. The zero-order chi connectivity index (χ0) is 13.3. The van der Waals surface area contributed by atoms with E-state index in [1.807, 2.05) is 6.07 Å². The number of nitrogens with one attached hydrogen (secondary N) is 1. The smallest absolute Gasteiger partial charge is 0.341 e. The molecule has 2 rings (SSSR count). The lowest BCUT2D eigenvalue weighted by molar-refractivity contribution is 0.00644. The molecule has 98 valence electrons. The van der Waals surface area contributed by atoms with Gasteiger partial charge in [0, 0.05) is 12.1 Å². The van der Waals surface area contributed by atoms with Crippen LogP contribution in [0.2, 0.25) is 0 Å². The molecule has 0 aromatic heterocycles. The Morgan fingerprint density at radius 3 is 2.78 bits per heavy atom. The molecule has 0 amide bonds. The Morgan fingerprint density at radius 2 is 2.11 bits per heavy atom. The number of hydrogen-bond acceptors (Lipinski definition) is 3. The summed E-state index contributed by atoms with van der Waals surface area (Å²) in [4.78, 5) is 11.9. The highest BCUT2D eigenvalue weighted by Crippen LogP contribution is 2.22. The summed E-state index contributed by atoms with van der Waals surface area (Å²) in [5, 5.41) is 3.10. The average molecular weight is 251 g/mol. The number of benzene rings is 1. The molecule has 0 saturated carbocycles. The Morgan fingerprint density at radius 1 is 1.39 bits per heavy atom. The maximum Gasteiger partial charge on any atom is 0.341 e. The van der Waals surface area contributed by atoms with Crippen molar-refractivity contribution in [3.8, 4) is 0 Å². The van der Waals surface area contributed by atoms with Gasteiger partial charge in [-0.05, 0) is 45.4 Å². The van der Waals surface area contributed by atoms with Crippen molar-refractivity contribution < 1.29 is 13.9 Å². The molecule has 0 saturated heterocycles. The van der Waals surface area contributed by atoms with Crippen molar-refractivity contribution in [1.29, 1.82) is 0 Å². The number of esters is 1. The SMILES string of the molecule is CC(C)(C)OC(=O)c1ccc2c(c1F)CNCC2. The van der Waals surface area contributed by atoms with E-state index in [9.17, 15) is 9.18 Å². The first-order valence-electron chi connectivity index (χ1n) is 6.13. The minimum atomic E-state index is -0.613. The van der Waals surface area contributed by atoms with E-state index < -0.39 is 17.4 Å². The largest absolute Gasteiger partial charge is 0.456 e. The molecule has 1 aliphatic heterocycles. The van der Waals surface area contributed by atoms with Gasteiger partial charge in [-0.15, -0.1) is 0 Å². The van der Waals surface area contributed by atoms with E-state index in [-0.39, 0.29) is 5.56 Å². The predicted molar refractivity (Wildman–Crippen MR) is 67.0 cm³/mol. The van der Waals surface area contributed by atoms with E-state index in [1.165, 1.54) is 6.07 Å². The number of carbonyl (C=O) groups excluding carboxylic acids is 1. The lowest BCUT2D eigenvalue weighted by Crippen LogP contribution is -2.27. The molecular weight excluding hydrogens is 233 g/mol. The van der Waals surface area contributed by atoms with E-state index in [0.717, 1.165) is 18.5 Å². The summed E-state index contributed by atoms with van der Waals surface area (Å²) < 4.78 is 19.4. The second kappa shape index (κ2) is 4.69. The minimum absolute atomic E-state index is 0.0207. The van der Waals surface area contributed by atoms with Gasteiger partial charge in [0.1, 0.15) is 11.4 Å². The van der Waals surface area contributed by atoms with Crippen molar-refractivity contribution in [1.82, 2.24) is 5.32 Å². The van der Waals surface area contributed by atoms with Gasteiger partial charge >= 0.3 is 5.97 Å². The molecule has 3 nitrogen and oxygen atoms in total. The Hall–Kier alpha value is -1.42. The standard InChI is InChI=1S/C14H18FNO2/c1-14(2,3)18-13(17)10-5-4-9-6-7-16-8-11(9)12(10)15/h4-5,16H,6-8H2,1-3H3. The van der Waals surface area contributed by atoms with E-state index in [1.54, 1.807) is 20.8 Å². The first kappa shape index (κ1) is 13.0. The fourth-order valence-corrected chi connectivity index (χ4v) is 2.01. The summed E-state index contributed by atoms with van der Waals surface area (Å²) >= 11 is 0. The van der Waals surface area contributed by atoms with Crippen LogP contribution in [0.4, 0.5) is 4.39 Å². The monoisotopic (exact) mass is 251 g/mol. The molecule has 1 N–H and O–H groups in total. The van der Waals surface area contributed by atoms with Gasteiger partial charge in [0.05, 0.1) is 5.56 Å². The van der Waals surface area contributed by atoms with Crippen LogP contribution < -0.4 is 5.32 Å². The van der Waals surface area contributed by atoms with E-state index in [2.05, 4.69) is 5.32 Å². The number of rotatable bonds is 1. The summed E-state index contributed by atoms with van der Waals surface area (Å²) in [5.74, 6) is -1.05. The van der Waals surface area contributed by atoms with E-state index in [4.69, 9.17) is 4.74 Å². The van der Waals surface area contributed by atoms with Crippen LogP contribution in [0.25, 0.3) is 0 Å². The summed E-state index contributed by atoms with van der Waals surface area (Å²) in [5.41, 5.74) is 0.966. The molecule has 0 unspecified atom stereocenters. The number of hydrogen-bond donors (Lipinski definition) is 1. The Labute approximate surface area is 106 Å². The Bertz CT molecular complexity index is 477. The van der Waals surface area contributed by atoms with Crippen LogP contribution in [0.5, 0.6) is 0 Å². The van der Waals surface area contributed by atoms with E-state index >= 15 is 0 Å². The minimum Gasteiger partial charge on any atom is -0.456 e. The zero-order valence-corrected chi connectivity index (χ0v) is 11.0. The molecule has 0 bridgehead atoms. The summed E-state index contributed by atoms with van der Waals surface area (Å²) in [6.07, 6.45) is 0.793. The molecule has 0 aliphatic carbocycles. The molecule has 1 aliphatic rings. The summed E-state index contributed by atoms with van der Waals surface area (Å²) in [7, 11) is 0. The van der Waals surface area contributed by atoms with Crippen LogP contribution in [0.3, 0.4) is 0 Å². The molecule has 1 aromatic rings. The second-order valence-electron chi connectivity index (χ2n) is 5.49. The fourth-order valence-electron chi connectivity index (χ4n) is 2.01. The van der Waals surface area contributed by atoms with Gasteiger partial charge in [-0.2, -0.15) is 0 Å². The van der Waals surface area contributed by atoms with Crippen LogP contribution in [0.15, 0.2) is 12.1 Å². The van der Waals surface area contributed by atoms with Gasteiger partial charge in [0.15, 0.2) is 0 Å². The number of ether oxygens (including phenoxy) is 1. The number of carbonyl (C=O) groups is 1. The molecule has 0 fully saturated rings. The summed E-state index contributed by atoms with van der Waals surface area (Å²) in [6, 6.07) is 3.34. The summed E-state index contributed by atoms with van der Waals surface area (Å²) in [6.45, 7) is 6.62. The highest BCUT2D eigenvalue weighted by molar-refractivity contribution is 5.90. The third kappa shape index (κ3) is 2.70. The maximum absolute atomic E-state index is 14.2.